The molecule has 1 heterocycles. The number of carboxylic acid groups (broad SMARTS) is 1. The topological polar surface area (TPSA) is 107 Å². The number of nitrogens with zero attached hydrogens (tertiary/aromatic N) is 2. The van der Waals surface area contributed by atoms with Gasteiger partial charge in [-0.15, -0.1) is 0 Å². The molecular formula is C21H32F3N3O5S. The van der Waals surface area contributed by atoms with Crippen molar-refractivity contribution in [2.24, 2.45) is 0 Å². The van der Waals surface area contributed by atoms with Crippen molar-refractivity contribution in [3.63, 3.8) is 0 Å². The first kappa shape index (κ1) is 28.9. The van der Waals surface area contributed by atoms with Gasteiger partial charge in [0.2, 0.25) is 15.9 Å². The van der Waals surface area contributed by atoms with E-state index in [2.05, 4.69) is 12.2 Å². The quantitative estimate of drug-likeness (QED) is 0.537. The van der Waals surface area contributed by atoms with Crippen LogP contribution >= 0.6 is 0 Å². The van der Waals surface area contributed by atoms with Crippen molar-refractivity contribution < 1.29 is 36.3 Å². The van der Waals surface area contributed by atoms with Crippen molar-refractivity contribution >= 4 is 21.9 Å². The lowest BCUT2D eigenvalue weighted by Crippen LogP contribution is -2.50. The lowest BCUT2D eigenvalue weighted by Gasteiger charge is -2.30. The fraction of sp³-hybridized carbons (Fsp3) is 0.619. The van der Waals surface area contributed by atoms with E-state index in [1.165, 1.54) is 4.31 Å². The van der Waals surface area contributed by atoms with Crippen LogP contribution in [0.2, 0.25) is 0 Å². The standard InChI is InChI=1S/C19H31N3O3S.C2HF3O2/c1-4-5-6-11-22(15-19(23)21-12-9-20-10-13-21)26(24,25)18-14-16(2)7-8-17(18)3;3-2(4,5)1(6)7/h7-8,14,20H,4-6,9-13,15H2,1-3H3;(H,6,7). The summed E-state index contributed by atoms with van der Waals surface area (Å²) < 4.78 is 59.6. The van der Waals surface area contributed by atoms with Crippen LogP contribution in [0.25, 0.3) is 0 Å². The maximum absolute atomic E-state index is 13.3. The molecule has 0 aromatic heterocycles. The number of nitrogens with one attached hydrogen (secondary N) is 1. The average Bonchev–Trinajstić information content (AvgIpc) is 2.75. The molecule has 33 heavy (non-hydrogen) atoms. The average molecular weight is 496 g/mol. The molecule has 2 rings (SSSR count). The van der Waals surface area contributed by atoms with Gasteiger partial charge in [-0.05, 0) is 37.5 Å². The molecule has 1 aromatic rings. The Labute approximate surface area is 192 Å². The highest BCUT2D eigenvalue weighted by Gasteiger charge is 2.38. The van der Waals surface area contributed by atoms with Crippen LogP contribution in [0.5, 0.6) is 0 Å². The number of benzene rings is 1. The van der Waals surface area contributed by atoms with E-state index in [1.54, 1.807) is 17.9 Å². The number of amides is 1. The molecule has 0 atom stereocenters. The number of hydrogen-bond acceptors (Lipinski definition) is 5. The number of rotatable bonds is 8. The number of unbranched alkanes of at least 4 members (excludes halogenated alkanes) is 2. The number of carbonyl (C=O) groups excluding carboxylic acids is 1. The molecule has 12 heteroatoms. The Morgan fingerprint density at radius 3 is 2.24 bits per heavy atom. The first-order chi connectivity index (χ1) is 15.3. The molecule has 0 spiro atoms. The second kappa shape index (κ2) is 12.9. The zero-order valence-corrected chi connectivity index (χ0v) is 19.9. The first-order valence-electron chi connectivity index (χ1n) is 10.7. The molecule has 0 bridgehead atoms. The Balaban J connectivity index is 0.000000675. The molecule has 8 nitrogen and oxygen atoms in total. The molecule has 1 aliphatic heterocycles. The lowest BCUT2D eigenvalue weighted by atomic mass is 10.2. The fourth-order valence-electron chi connectivity index (χ4n) is 3.11. The second-order valence-corrected chi connectivity index (χ2v) is 9.65. The van der Waals surface area contributed by atoms with Crippen molar-refractivity contribution in [1.82, 2.24) is 14.5 Å². The highest BCUT2D eigenvalue weighted by atomic mass is 32.2. The normalized spacial score (nSPS) is 14.6. The minimum Gasteiger partial charge on any atom is -0.475 e. The minimum atomic E-state index is -5.08. The first-order valence-corrected chi connectivity index (χ1v) is 12.1. The van der Waals surface area contributed by atoms with Gasteiger partial charge in [0.15, 0.2) is 0 Å². The molecule has 1 aliphatic rings. The SMILES string of the molecule is CCCCCN(CC(=O)N1CCNCC1)S(=O)(=O)c1cc(C)ccc1C.O=C(O)C(F)(F)F. The number of alkyl halides is 3. The Morgan fingerprint density at radius 1 is 1.15 bits per heavy atom. The number of halogens is 3. The van der Waals surface area contributed by atoms with E-state index in [4.69, 9.17) is 9.90 Å². The summed E-state index contributed by atoms with van der Waals surface area (Å²) in [5.74, 6) is -2.87. The third-order valence-corrected chi connectivity index (χ3v) is 6.98. The van der Waals surface area contributed by atoms with Gasteiger partial charge in [-0.2, -0.15) is 17.5 Å². The van der Waals surface area contributed by atoms with Crippen LogP contribution in [-0.2, 0) is 19.6 Å². The molecule has 188 valence electrons. The molecule has 1 amide bonds. The number of carboxylic acids is 1. The van der Waals surface area contributed by atoms with Gasteiger partial charge < -0.3 is 15.3 Å². The van der Waals surface area contributed by atoms with E-state index < -0.39 is 22.2 Å². The lowest BCUT2D eigenvalue weighted by molar-refractivity contribution is -0.192. The zero-order valence-electron chi connectivity index (χ0n) is 19.1. The van der Waals surface area contributed by atoms with Crippen molar-refractivity contribution in [3.8, 4) is 0 Å². The van der Waals surface area contributed by atoms with Gasteiger partial charge in [0.05, 0.1) is 11.4 Å². The smallest absolute Gasteiger partial charge is 0.475 e. The largest absolute Gasteiger partial charge is 0.490 e. The third-order valence-electron chi connectivity index (χ3n) is 5.00. The molecule has 1 fully saturated rings. The molecular weight excluding hydrogens is 463 g/mol. The van der Waals surface area contributed by atoms with Gasteiger partial charge in [0.25, 0.3) is 0 Å². The maximum Gasteiger partial charge on any atom is 0.490 e. The molecule has 0 radical (unpaired) electrons. The summed E-state index contributed by atoms with van der Waals surface area (Å²) in [7, 11) is -3.70. The van der Waals surface area contributed by atoms with Crippen molar-refractivity contribution in [1.29, 1.82) is 0 Å². The van der Waals surface area contributed by atoms with E-state index in [-0.39, 0.29) is 12.5 Å². The van der Waals surface area contributed by atoms with E-state index in [9.17, 15) is 26.4 Å². The van der Waals surface area contributed by atoms with Crippen LogP contribution in [0, 0.1) is 13.8 Å². The van der Waals surface area contributed by atoms with E-state index in [1.807, 2.05) is 19.1 Å². The summed E-state index contributed by atoms with van der Waals surface area (Å²) in [6.45, 7) is 8.82. The summed E-state index contributed by atoms with van der Waals surface area (Å²) in [5.41, 5.74) is 1.61. The van der Waals surface area contributed by atoms with Crippen LogP contribution in [-0.4, -0.2) is 80.1 Å². The number of aryl methyl sites for hydroxylation is 2. The number of carbonyl (C=O) groups is 2. The monoisotopic (exact) mass is 495 g/mol. The van der Waals surface area contributed by atoms with Crippen LogP contribution in [0.15, 0.2) is 23.1 Å². The summed E-state index contributed by atoms with van der Waals surface area (Å²) in [6, 6.07) is 5.43. The maximum atomic E-state index is 13.3. The summed E-state index contributed by atoms with van der Waals surface area (Å²) in [5, 5.41) is 10.3. The van der Waals surface area contributed by atoms with Crippen LogP contribution in [0.4, 0.5) is 13.2 Å². The van der Waals surface area contributed by atoms with E-state index in [0.717, 1.165) is 37.9 Å². The molecule has 2 N–H and O–H groups in total. The fourth-order valence-corrected chi connectivity index (χ4v) is 4.85. The van der Waals surface area contributed by atoms with Gasteiger partial charge >= 0.3 is 12.1 Å². The van der Waals surface area contributed by atoms with Gasteiger partial charge in [-0.1, -0.05) is 31.9 Å². The van der Waals surface area contributed by atoms with E-state index in [0.29, 0.717) is 30.1 Å². The number of piperazine rings is 1. The highest BCUT2D eigenvalue weighted by molar-refractivity contribution is 7.89. The van der Waals surface area contributed by atoms with Gasteiger partial charge in [-0.25, -0.2) is 13.2 Å². The molecule has 0 aliphatic carbocycles. The third kappa shape index (κ3) is 9.30. The number of sulfonamides is 1. The number of aliphatic carboxylic acids is 1. The van der Waals surface area contributed by atoms with Crippen LogP contribution in [0.3, 0.4) is 0 Å². The minimum absolute atomic E-state index is 0.0839. The molecule has 0 saturated carbocycles. The highest BCUT2D eigenvalue weighted by Crippen LogP contribution is 2.22. The Kier molecular flexibility index (Phi) is 11.3. The predicted octanol–water partition coefficient (Wildman–Crippen LogP) is 2.55. The van der Waals surface area contributed by atoms with Crippen molar-refractivity contribution in [2.45, 2.75) is 51.1 Å². The number of hydrogen-bond donors (Lipinski definition) is 2. The Bertz CT molecular complexity index is 901. The van der Waals surface area contributed by atoms with Gasteiger partial charge in [0.1, 0.15) is 0 Å². The van der Waals surface area contributed by atoms with E-state index >= 15 is 0 Å². The van der Waals surface area contributed by atoms with Gasteiger partial charge in [0, 0.05) is 32.7 Å². The predicted molar refractivity (Wildman–Crippen MR) is 117 cm³/mol. The summed E-state index contributed by atoms with van der Waals surface area (Å²) >= 11 is 0. The summed E-state index contributed by atoms with van der Waals surface area (Å²) in [6.07, 6.45) is -2.38. The van der Waals surface area contributed by atoms with Crippen molar-refractivity contribution in [3.05, 3.63) is 29.3 Å². The molecule has 1 saturated heterocycles. The Hall–Kier alpha value is -2.18. The molecule has 1 aromatic carbocycles. The summed E-state index contributed by atoms with van der Waals surface area (Å²) in [4.78, 5) is 23.6. The van der Waals surface area contributed by atoms with Crippen LogP contribution in [0.1, 0.15) is 37.3 Å². The van der Waals surface area contributed by atoms with Gasteiger partial charge in [-0.3, -0.25) is 4.79 Å². The van der Waals surface area contributed by atoms with Crippen LogP contribution < -0.4 is 5.32 Å². The Morgan fingerprint density at radius 2 is 1.73 bits per heavy atom. The second-order valence-electron chi connectivity index (χ2n) is 7.75. The molecule has 0 unspecified atom stereocenters. The van der Waals surface area contributed by atoms with Crippen molar-refractivity contribution in [2.75, 3.05) is 39.3 Å². The zero-order chi connectivity index (χ0) is 25.2.